The van der Waals surface area contributed by atoms with Gasteiger partial charge in [-0.2, -0.15) is 0 Å². The Bertz CT molecular complexity index is 217. The molecular weight excluding hydrogens is 166 g/mol. The van der Waals surface area contributed by atoms with Gasteiger partial charge in [0, 0.05) is 25.7 Å². The second-order valence-corrected chi connectivity index (χ2v) is 3.27. The lowest BCUT2D eigenvalue weighted by atomic mass is 10.2. The second-order valence-electron chi connectivity index (χ2n) is 3.27. The molecule has 0 unspecified atom stereocenters. The van der Waals surface area contributed by atoms with Gasteiger partial charge in [-0.15, -0.1) is 0 Å². The van der Waals surface area contributed by atoms with Crippen LogP contribution in [0.2, 0.25) is 0 Å². The van der Waals surface area contributed by atoms with Crippen LogP contribution in [0.5, 0.6) is 0 Å². The Labute approximate surface area is 78.6 Å². The molecule has 2 aliphatic heterocycles. The van der Waals surface area contributed by atoms with E-state index in [-0.39, 0.29) is 0 Å². The van der Waals surface area contributed by atoms with Crippen molar-refractivity contribution in [3.63, 3.8) is 0 Å². The van der Waals surface area contributed by atoms with E-state index in [1.807, 2.05) is 0 Å². The van der Waals surface area contributed by atoms with Gasteiger partial charge in [-0.3, -0.25) is 0 Å². The normalized spacial score (nSPS) is 26.2. The molecule has 0 atom stereocenters. The Kier molecular flexibility index (Phi) is 2.87. The average Bonchev–Trinajstić information content (AvgIpc) is 2.21. The largest absolute Gasteiger partial charge is 0.468 e. The van der Waals surface area contributed by atoms with Gasteiger partial charge in [0.15, 0.2) is 0 Å². The summed E-state index contributed by atoms with van der Waals surface area (Å²) >= 11 is 0. The standard InChI is InChI=1S/C10H15NO2/c1-2-6-13-10(3-1)9-11-4-7-12-8-5-11/h2,6,9H,1,3-5,7-8H2/b10-9-. The number of allylic oxidation sites excluding steroid dienone is 2. The van der Waals surface area contributed by atoms with Crippen LogP contribution in [0.3, 0.4) is 0 Å². The van der Waals surface area contributed by atoms with Crippen LogP contribution in [0.25, 0.3) is 0 Å². The summed E-state index contributed by atoms with van der Waals surface area (Å²) in [6.07, 6.45) is 8.06. The zero-order valence-electron chi connectivity index (χ0n) is 7.74. The molecule has 0 N–H and O–H groups in total. The Morgan fingerprint density at radius 3 is 2.85 bits per heavy atom. The van der Waals surface area contributed by atoms with Crippen LogP contribution in [0.1, 0.15) is 12.8 Å². The van der Waals surface area contributed by atoms with Crippen LogP contribution in [-0.4, -0.2) is 31.2 Å². The first kappa shape index (κ1) is 8.63. The molecule has 0 spiro atoms. The molecule has 0 saturated carbocycles. The summed E-state index contributed by atoms with van der Waals surface area (Å²) in [5.74, 6) is 1.07. The van der Waals surface area contributed by atoms with Crippen molar-refractivity contribution >= 4 is 0 Å². The van der Waals surface area contributed by atoms with Gasteiger partial charge in [0.25, 0.3) is 0 Å². The van der Waals surface area contributed by atoms with Crippen LogP contribution >= 0.6 is 0 Å². The summed E-state index contributed by atoms with van der Waals surface area (Å²) in [7, 11) is 0. The third-order valence-electron chi connectivity index (χ3n) is 2.25. The molecule has 0 aromatic carbocycles. The molecule has 3 nitrogen and oxygen atoms in total. The predicted octanol–water partition coefficient (Wildman–Crippen LogP) is 1.48. The third-order valence-corrected chi connectivity index (χ3v) is 2.25. The van der Waals surface area contributed by atoms with Crippen molar-refractivity contribution < 1.29 is 9.47 Å². The fraction of sp³-hybridized carbons (Fsp3) is 0.600. The van der Waals surface area contributed by atoms with Crippen molar-refractivity contribution in [3.05, 3.63) is 24.3 Å². The number of nitrogens with zero attached hydrogens (tertiary/aromatic N) is 1. The maximum absolute atomic E-state index is 5.38. The van der Waals surface area contributed by atoms with Crippen molar-refractivity contribution in [3.8, 4) is 0 Å². The minimum atomic E-state index is 0.833. The minimum absolute atomic E-state index is 0.833. The molecule has 1 fully saturated rings. The zero-order chi connectivity index (χ0) is 8.93. The predicted molar refractivity (Wildman–Crippen MR) is 49.9 cm³/mol. The highest BCUT2D eigenvalue weighted by molar-refractivity contribution is 5.01. The van der Waals surface area contributed by atoms with Crippen LogP contribution in [0.15, 0.2) is 24.3 Å². The minimum Gasteiger partial charge on any atom is -0.468 e. The SMILES string of the molecule is C1=CO/C(=C\N2CCOCC2)CC1. The van der Waals surface area contributed by atoms with Gasteiger partial charge < -0.3 is 14.4 Å². The Morgan fingerprint density at radius 2 is 2.15 bits per heavy atom. The lowest BCUT2D eigenvalue weighted by molar-refractivity contribution is 0.0573. The van der Waals surface area contributed by atoms with Gasteiger partial charge >= 0.3 is 0 Å². The molecule has 0 aromatic heterocycles. The second kappa shape index (κ2) is 4.33. The Morgan fingerprint density at radius 1 is 1.31 bits per heavy atom. The van der Waals surface area contributed by atoms with E-state index in [0.717, 1.165) is 44.9 Å². The fourth-order valence-electron chi connectivity index (χ4n) is 1.49. The van der Waals surface area contributed by atoms with Crippen LogP contribution in [0.4, 0.5) is 0 Å². The molecule has 3 heteroatoms. The van der Waals surface area contributed by atoms with Crippen molar-refractivity contribution in [2.24, 2.45) is 0 Å². The topological polar surface area (TPSA) is 21.7 Å². The molecule has 72 valence electrons. The molecule has 13 heavy (non-hydrogen) atoms. The van der Waals surface area contributed by atoms with Gasteiger partial charge in [-0.25, -0.2) is 0 Å². The molecule has 0 radical (unpaired) electrons. The molecule has 0 amide bonds. The van der Waals surface area contributed by atoms with E-state index >= 15 is 0 Å². The lowest BCUT2D eigenvalue weighted by Crippen LogP contribution is -2.32. The highest BCUT2D eigenvalue weighted by Gasteiger charge is 2.09. The molecule has 1 saturated heterocycles. The number of morpholine rings is 1. The van der Waals surface area contributed by atoms with E-state index in [9.17, 15) is 0 Å². The van der Waals surface area contributed by atoms with Crippen LogP contribution < -0.4 is 0 Å². The van der Waals surface area contributed by atoms with Gasteiger partial charge in [-0.05, 0) is 12.5 Å². The van der Waals surface area contributed by atoms with Crippen LogP contribution in [0, 0.1) is 0 Å². The van der Waals surface area contributed by atoms with E-state index in [2.05, 4.69) is 17.2 Å². The summed E-state index contributed by atoms with van der Waals surface area (Å²) in [6, 6.07) is 0. The Hall–Kier alpha value is -0.960. The first-order valence-electron chi connectivity index (χ1n) is 4.79. The maximum atomic E-state index is 5.38. The summed E-state index contributed by atoms with van der Waals surface area (Å²) in [5.41, 5.74) is 0. The number of rotatable bonds is 1. The van der Waals surface area contributed by atoms with Gasteiger partial charge in [0.1, 0.15) is 5.76 Å². The van der Waals surface area contributed by atoms with Gasteiger partial charge in [0.05, 0.1) is 19.5 Å². The van der Waals surface area contributed by atoms with Crippen LogP contribution in [-0.2, 0) is 9.47 Å². The highest BCUT2D eigenvalue weighted by Crippen LogP contribution is 2.15. The molecule has 2 aliphatic rings. The summed E-state index contributed by atoms with van der Waals surface area (Å²) in [4.78, 5) is 2.26. The number of ether oxygens (including phenoxy) is 2. The average molecular weight is 181 g/mol. The quantitative estimate of drug-likeness (QED) is 0.611. The molecule has 2 rings (SSSR count). The first-order chi connectivity index (χ1) is 6.45. The van der Waals surface area contributed by atoms with Crippen molar-refractivity contribution in [2.45, 2.75) is 12.8 Å². The van der Waals surface area contributed by atoms with E-state index < -0.39 is 0 Å². The number of hydrogen-bond acceptors (Lipinski definition) is 3. The Balaban J connectivity index is 1.89. The molecule has 0 aliphatic carbocycles. The summed E-state index contributed by atoms with van der Waals surface area (Å²) < 4.78 is 10.6. The third kappa shape index (κ3) is 2.49. The molecule has 0 aromatic rings. The van der Waals surface area contributed by atoms with Crippen molar-refractivity contribution in [1.82, 2.24) is 4.90 Å². The van der Waals surface area contributed by atoms with Crippen molar-refractivity contribution in [1.29, 1.82) is 0 Å². The van der Waals surface area contributed by atoms with Gasteiger partial charge in [-0.1, -0.05) is 0 Å². The molecule has 0 bridgehead atoms. The van der Waals surface area contributed by atoms with E-state index in [0.29, 0.717) is 0 Å². The van der Waals surface area contributed by atoms with Gasteiger partial charge in [0.2, 0.25) is 0 Å². The maximum Gasteiger partial charge on any atom is 0.119 e. The monoisotopic (exact) mass is 181 g/mol. The lowest BCUT2D eigenvalue weighted by Gasteiger charge is -2.26. The van der Waals surface area contributed by atoms with E-state index in [4.69, 9.17) is 9.47 Å². The summed E-state index contributed by atoms with van der Waals surface area (Å²) in [6.45, 7) is 3.63. The van der Waals surface area contributed by atoms with Crippen molar-refractivity contribution in [2.75, 3.05) is 26.3 Å². The van der Waals surface area contributed by atoms with E-state index in [1.165, 1.54) is 0 Å². The fourth-order valence-corrected chi connectivity index (χ4v) is 1.49. The summed E-state index contributed by atoms with van der Waals surface area (Å²) in [5, 5.41) is 0. The van der Waals surface area contributed by atoms with E-state index in [1.54, 1.807) is 6.26 Å². The first-order valence-corrected chi connectivity index (χ1v) is 4.79. The highest BCUT2D eigenvalue weighted by atomic mass is 16.5. The zero-order valence-corrected chi connectivity index (χ0v) is 7.74. The number of hydrogen-bond donors (Lipinski definition) is 0. The smallest absolute Gasteiger partial charge is 0.119 e. The molecular formula is C10H15NO2. The molecule has 2 heterocycles.